The zero-order valence-electron chi connectivity index (χ0n) is 7.25. The number of rotatable bonds is 7. The highest BCUT2D eigenvalue weighted by Gasteiger charge is 1.97. The maximum atomic E-state index is 8.48. The van der Waals surface area contributed by atoms with Gasteiger partial charge in [0, 0.05) is 11.8 Å². The molecule has 0 bridgehead atoms. The van der Waals surface area contributed by atoms with Crippen LogP contribution in [0.4, 0.5) is 0 Å². The summed E-state index contributed by atoms with van der Waals surface area (Å²) >= 11 is 1.80. The van der Waals surface area contributed by atoms with E-state index < -0.39 is 0 Å². The van der Waals surface area contributed by atoms with Gasteiger partial charge in [0.25, 0.3) is 0 Å². The Morgan fingerprint density at radius 2 is 2.18 bits per heavy atom. The van der Waals surface area contributed by atoms with Gasteiger partial charge in [-0.2, -0.15) is 11.8 Å². The summed E-state index contributed by atoms with van der Waals surface area (Å²) in [7, 11) is 0. The highest BCUT2D eigenvalue weighted by Crippen LogP contribution is 2.06. The van der Waals surface area contributed by atoms with E-state index in [9.17, 15) is 0 Å². The standard InChI is InChI=1S/C8H19NOS/c1-2-8(9)4-3-6-11-7-5-10/h8,10H,2-7,9H2,1H3. The molecule has 0 aromatic carbocycles. The minimum atomic E-state index is 0.296. The molecule has 0 aliphatic heterocycles. The largest absolute Gasteiger partial charge is 0.396 e. The fourth-order valence-electron chi connectivity index (χ4n) is 0.818. The van der Waals surface area contributed by atoms with Gasteiger partial charge in [-0.1, -0.05) is 6.92 Å². The van der Waals surface area contributed by atoms with Gasteiger partial charge in [0.1, 0.15) is 0 Å². The molecule has 0 radical (unpaired) electrons. The van der Waals surface area contributed by atoms with E-state index in [1.165, 1.54) is 6.42 Å². The zero-order chi connectivity index (χ0) is 8.53. The SMILES string of the molecule is CCC(N)CCCSCCO. The number of hydrogen-bond acceptors (Lipinski definition) is 3. The molecule has 2 nitrogen and oxygen atoms in total. The lowest BCUT2D eigenvalue weighted by atomic mass is 10.1. The third kappa shape index (κ3) is 8.17. The minimum Gasteiger partial charge on any atom is -0.396 e. The van der Waals surface area contributed by atoms with Crippen LogP contribution in [0.5, 0.6) is 0 Å². The van der Waals surface area contributed by atoms with Gasteiger partial charge < -0.3 is 10.8 Å². The fourth-order valence-corrected chi connectivity index (χ4v) is 1.52. The zero-order valence-corrected chi connectivity index (χ0v) is 8.07. The molecule has 0 aromatic rings. The molecule has 68 valence electrons. The van der Waals surface area contributed by atoms with E-state index in [1.54, 1.807) is 11.8 Å². The average Bonchev–Trinajstić information content (AvgIpc) is 2.04. The molecule has 0 aliphatic carbocycles. The van der Waals surface area contributed by atoms with Crippen LogP contribution in [0.2, 0.25) is 0 Å². The number of nitrogens with two attached hydrogens (primary N) is 1. The van der Waals surface area contributed by atoms with Crippen molar-refractivity contribution in [3.8, 4) is 0 Å². The van der Waals surface area contributed by atoms with Gasteiger partial charge in [0.05, 0.1) is 6.61 Å². The van der Waals surface area contributed by atoms with Crippen molar-refractivity contribution in [2.75, 3.05) is 18.1 Å². The summed E-state index contributed by atoms with van der Waals surface area (Å²) in [6, 6.07) is 0.379. The Bertz CT molecular complexity index is 80.5. The first-order valence-corrected chi connectivity index (χ1v) is 5.41. The summed E-state index contributed by atoms with van der Waals surface area (Å²) in [5.74, 6) is 2.00. The molecule has 0 fully saturated rings. The van der Waals surface area contributed by atoms with Gasteiger partial charge in [0.15, 0.2) is 0 Å². The van der Waals surface area contributed by atoms with Gasteiger partial charge >= 0.3 is 0 Å². The quantitative estimate of drug-likeness (QED) is 0.575. The van der Waals surface area contributed by atoms with Gasteiger partial charge in [0.2, 0.25) is 0 Å². The fraction of sp³-hybridized carbons (Fsp3) is 1.00. The topological polar surface area (TPSA) is 46.2 Å². The van der Waals surface area contributed by atoms with E-state index in [4.69, 9.17) is 10.8 Å². The van der Waals surface area contributed by atoms with Crippen molar-refractivity contribution in [2.24, 2.45) is 5.73 Å². The molecule has 0 heterocycles. The van der Waals surface area contributed by atoms with E-state index in [1.807, 2.05) is 0 Å². The highest BCUT2D eigenvalue weighted by atomic mass is 32.2. The lowest BCUT2D eigenvalue weighted by Gasteiger charge is -2.06. The third-order valence-electron chi connectivity index (χ3n) is 1.62. The van der Waals surface area contributed by atoms with Crippen LogP contribution in [-0.4, -0.2) is 29.3 Å². The summed E-state index contributed by atoms with van der Waals surface area (Å²) in [5.41, 5.74) is 5.73. The molecule has 0 saturated heterocycles. The number of aliphatic hydroxyl groups excluding tert-OH is 1. The molecule has 3 heteroatoms. The van der Waals surface area contributed by atoms with Crippen LogP contribution < -0.4 is 5.73 Å². The van der Waals surface area contributed by atoms with E-state index >= 15 is 0 Å². The van der Waals surface area contributed by atoms with Crippen molar-refractivity contribution in [1.29, 1.82) is 0 Å². The lowest BCUT2D eigenvalue weighted by molar-refractivity contribution is 0.322. The number of hydrogen-bond donors (Lipinski definition) is 2. The summed E-state index contributed by atoms with van der Waals surface area (Å²) in [6.45, 7) is 2.41. The molecule has 0 aliphatic rings. The van der Waals surface area contributed by atoms with E-state index in [2.05, 4.69) is 6.92 Å². The third-order valence-corrected chi connectivity index (χ3v) is 2.67. The molecule has 0 rings (SSSR count). The maximum Gasteiger partial charge on any atom is 0.0521 e. The van der Waals surface area contributed by atoms with Gasteiger partial charge in [-0.05, 0) is 25.0 Å². The van der Waals surface area contributed by atoms with E-state index in [0.717, 1.165) is 24.3 Å². The van der Waals surface area contributed by atoms with Crippen LogP contribution >= 0.6 is 11.8 Å². The molecule has 3 N–H and O–H groups in total. The molecule has 1 atom stereocenters. The van der Waals surface area contributed by atoms with Gasteiger partial charge in [-0.15, -0.1) is 0 Å². The molecule has 0 aromatic heterocycles. The van der Waals surface area contributed by atoms with Crippen LogP contribution in [0.3, 0.4) is 0 Å². The average molecular weight is 177 g/mol. The monoisotopic (exact) mass is 177 g/mol. The van der Waals surface area contributed by atoms with E-state index in [-0.39, 0.29) is 0 Å². The first-order valence-electron chi connectivity index (χ1n) is 4.25. The summed E-state index contributed by atoms with van der Waals surface area (Å²) in [6.07, 6.45) is 3.37. The Morgan fingerprint density at radius 1 is 1.45 bits per heavy atom. The summed E-state index contributed by atoms with van der Waals surface area (Å²) in [4.78, 5) is 0. The second kappa shape index (κ2) is 8.37. The second-order valence-electron chi connectivity index (χ2n) is 2.65. The first-order chi connectivity index (χ1) is 5.31. The predicted molar refractivity (Wildman–Crippen MR) is 51.9 cm³/mol. The Labute approximate surface area is 73.6 Å². The number of aliphatic hydroxyl groups is 1. The van der Waals surface area contributed by atoms with Crippen LogP contribution in [0.15, 0.2) is 0 Å². The normalized spacial score (nSPS) is 13.4. The Morgan fingerprint density at radius 3 is 2.73 bits per heavy atom. The van der Waals surface area contributed by atoms with Crippen molar-refractivity contribution >= 4 is 11.8 Å². The Kier molecular flexibility index (Phi) is 8.57. The molecular formula is C8H19NOS. The second-order valence-corrected chi connectivity index (χ2v) is 3.87. The van der Waals surface area contributed by atoms with Crippen LogP contribution in [0.25, 0.3) is 0 Å². The maximum absolute atomic E-state index is 8.48. The van der Waals surface area contributed by atoms with Gasteiger partial charge in [-0.3, -0.25) is 0 Å². The predicted octanol–water partition coefficient (Wildman–Crippen LogP) is 1.23. The molecule has 11 heavy (non-hydrogen) atoms. The molecule has 0 spiro atoms. The smallest absolute Gasteiger partial charge is 0.0521 e. The highest BCUT2D eigenvalue weighted by molar-refractivity contribution is 7.99. The van der Waals surface area contributed by atoms with Crippen LogP contribution in [0, 0.1) is 0 Å². The Balaban J connectivity index is 2.89. The van der Waals surface area contributed by atoms with Gasteiger partial charge in [-0.25, -0.2) is 0 Å². The van der Waals surface area contributed by atoms with Crippen molar-refractivity contribution in [3.63, 3.8) is 0 Å². The Hall–Kier alpha value is 0.270. The van der Waals surface area contributed by atoms with Crippen LogP contribution in [0.1, 0.15) is 26.2 Å². The van der Waals surface area contributed by atoms with E-state index in [0.29, 0.717) is 12.6 Å². The molecule has 1 unspecified atom stereocenters. The van der Waals surface area contributed by atoms with Crippen molar-refractivity contribution in [1.82, 2.24) is 0 Å². The first kappa shape index (κ1) is 11.3. The van der Waals surface area contributed by atoms with Crippen molar-refractivity contribution in [3.05, 3.63) is 0 Å². The molecular weight excluding hydrogens is 158 g/mol. The summed E-state index contributed by atoms with van der Waals surface area (Å²) in [5, 5.41) is 8.48. The van der Waals surface area contributed by atoms with Crippen molar-refractivity contribution < 1.29 is 5.11 Å². The molecule has 0 saturated carbocycles. The number of thioether (sulfide) groups is 1. The minimum absolute atomic E-state index is 0.296. The molecule has 0 amide bonds. The van der Waals surface area contributed by atoms with Crippen LogP contribution in [-0.2, 0) is 0 Å². The van der Waals surface area contributed by atoms with Crippen molar-refractivity contribution in [2.45, 2.75) is 32.2 Å². The lowest BCUT2D eigenvalue weighted by Crippen LogP contribution is -2.18. The summed E-state index contributed by atoms with van der Waals surface area (Å²) < 4.78 is 0.